The lowest BCUT2D eigenvalue weighted by molar-refractivity contribution is -0.119. The molecule has 0 saturated heterocycles. The first kappa shape index (κ1) is 17.7. The smallest absolute Gasteiger partial charge is 0.338 e. The van der Waals surface area contributed by atoms with Gasteiger partial charge in [0.2, 0.25) is 0 Å². The van der Waals surface area contributed by atoms with Crippen LogP contribution >= 0.6 is 11.6 Å². The highest BCUT2D eigenvalue weighted by atomic mass is 35.5. The molecular weight excluding hydrogens is 356 g/mol. The van der Waals surface area contributed by atoms with Crippen molar-refractivity contribution in [3.63, 3.8) is 0 Å². The fourth-order valence-electron chi connectivity index (χ4n) is 2.38. The van der Waals surface area contributed by atoms with Crippen LogP contribution in [0.4, 0.5) is 5.69 Å². The number of carbonyl (C=O) groups excluding carboxylic acids is 2. The van der Waals surface area contributed by atoms with Crippen LogP contribution in [0, 0.1) is 0 Å². The summed E-state index contributed by atoms with van der Waals surface area (Å²) in [5, 5.41) is 3.77. The van der Waals surface area contributed by atoms with E-state index < -0.39 is 18.5 Å². The Labute approximate surface area is 154 Å². The Balaban J connectivity index is 1.63. The maximum absolute atomic E-state index is 12.2. The van der Waals surface area contributed by atoms with Gasteiger partial charge in [-0.25, -0.2) is 9.78 Å². The SMILES string of the molecule is COc1ccccc1NC(=O)COC(=O)c1ccc2nc(Cl)ccc2c1. The number of aromatic nitrogens is 1. The van der Waals surface area contributed by atoms with Gasteiger partial charge in [-0.2, -0.15) is 0 Å². The van der Waals surface area contributed by atoms with Crippen LogP contribution in [0.25, 0.3) is 10.9 Å². The number of benzene rings is 2. The summed E-state index contributed by atoms with van der Waals surface area (Å²) in [6, 6.07) is 15.3. The lowest BCUT2D eigenvalue weighted by Crippen LogP contribution is -2.21. The van der Waals surface area contributed by atoms with Crippen LogP contribution in [-0.4, -0.2) is 30.6 Å². The number of nitrogens with zero attached hydrogens (tertiary/aromatic N) is 1. The van der Waals surface area contributed by atoms with Crippen molar-refractivity contribution in [2.24, 2.45) is 0 Å². The van der Waals surface area contributed by atoms with Crippen molar-refractivity contribution >= 4 is 40.1 Å². The molecule has 3 rings (SSSR count). The Morgan fingerprint density at radius 1 is 1.12 bits per heavy atom. The number of fused-ring (bicyclic) bond motifs is 1. The van der Waals surface area contributed by atoms with Crippen LogP contribution in [0.15, 0.2) is 54.6 Å². The minimum atomic E-state index is -0.600. The maximum atomic E-state index is 12.2. The van der Waals surface area contributed by atoms with Crippen molar-refractivity contribution in [2.75, 3.05) is 19.0 Å². The number of pyridine rings is 1. The summed E-state index contributed by atoms with van der Waals surface area (Å²) in [5.41, 5.74) is 1.50. The topological polar surface area (TPSA) is 77.5 Å². The zero-order valence-corrected chi connectivity index (χ0v) is 14.6. The Bertz CT molecular complexity index is 975. The summed E-state index contributed by atoms with van der Waals surface area (Å²) < 4.78 is 10.2. The Kier molecular flexibility index (Phi) is 5.34. The number of hydrogen-bond acceptors (Lipinski definition) is 5. The van der Waals surface area contributed by atoms with Gasteiger partial charge in [-0.1, -0.05) is 23.7 Å². The zero-order chi connectivity index (χ0) is 18.5. The molecule has 0 saturated carbocycles. The normalized spacial score (nSPS) is 10.4. The van der Waals surface area contributed by atoms with Gasteiger partial charge < -0.3 is 14.8 Å². The van der Waals surface area contributed by atoms with E-state index in [0.717, 1.165) is 5.39 Å². The van der Waals surface area contributed by atoms with Gasteiger partial charge in [0.15, 0.2) is 6.61 Å². The first-order valence-corrected chi connectivity index (χ1v) is 8.11. The van der Waals surface area contributed by atoms with Crippen molar-refractivity contribution < 1.29 is 19.1 Å². The van der Waals surface area contributed by atoms with E-state index in [1.54, 1.807) is 54.6 Å². The number of anilines is 1. The summed E-state index contributed by atoms with van der Waals surface area (Å²) in [4.78, 5) is 28.3. The van der Waals surface area contributed by atoms with E-state index in [4.69, 9.17) is 21.1 Å². The molecule has 0 aliphatic carbocycles. The van der Waals surface area contributed by atoms with Gasteiger partial charge in [0.05, 0.1) is 23.9 Å². The van der Waals surface area contributed by atoms with Gasteiger partial charge in [-0.05, 0) is 42.5 Å². The lowest BCUT2D eigenvalue weighted by Gasteiger charge is -2.10. The predicted molar refractivity (Wildman–Crippen MR) is 98.7 cm³/mol. The summed E-state index contributed by atoms with van der Waals surface area (Å²) in [7, 11) is 1.51. The fraction of sp³-hybridized carbons (Fsp3) is 0.105. The van der Waals surface area contributed by atoms with Crippen LogP contribution in [-0.2, 0) is 9.53 Å². The van der Waals surface area contributed by atoms with E-state index in [0.29, 0.717) is 27.7 Å². The van der Waals surface area contributed by atoms with Gasteiger partial charge in [-0.3, -0.25) is 4.79 Å². The average Bonchev–Trinajstić information content (AvgIpc) is 2.66. The number of hydrogen-bond donors (Lipinski definition) is 1. The first-order chi connectivity index (χ1) is 12.6. The molecule has 26 heavy (non-hydrogen) atoms. The molecule has 1 amide bonds. The average molecular weight is 371 g/mol. The van der Waals surface area contributed by atoms with E-state index in [2.05, 4.69) is 10.3 Å². The molecule has 7 heteroatoms. The number of carbonyl (C=O) groups is 2. The Morgan fingerprint density at radius 3 is 2.73 bits per heavy atom. The lowest BCUT2D eigenvalue weighted by atomic mass is 10.1. The van der Waals surface area contributed by atoms with E-state index in [1.807, 2.05) is 0 Å². The van der Waals surface area contributed by atoms with Crippen LogP contribution in [0.1, 0.15) is 10.4 Å². The van der Waals surface area contributed by atoms with Gasteiger partial charge in [0.1, 0.15) is 10.9 Å². The molecular formula is C19H15ClN2O4. The molecule has 6 nitrogen and oxygen atoms in total. The van der Waals surface area contributed by atoms with Gasteiger partial charge in [0, 0.05) is 5.39 Å². The highest BCUT2D eigenvalue weighted by molar-refractivity contribution is 6.29. The van der Waals surface area contributed by atoms with Crippen LogP contribution in [0.2, 0.25) is 5.15 Å². The molecule has 1 heterocycles. The molecule has 0 unspecified atom stereocenters. The van der Waals surface area contributed by atoms with E-state index >= 15 is 0 Å². The van der Waals surface area contributed by atoms with Gasteiger partial charge >= 0.3 is 5.97 Å². The third-order valence-corrected chi connectivity index (χ3v) is 3.82. The minimum Gasteiger partial charge on any atom is -0.495 e. The quantitative estimate of drug-likeness (QED) is 0.547. The molecule has 2 aromatic carbocycles. The van der Waals surface area contributed by atoms with Crippen LogP contribution < -0.4 is 10.1 Å². The molecule has 1 N–H and O–H groups in total. The first-order valence-electron chi connectivity index (χ1n) is 7.73. The molecule has 0 aliphatic rings. The second-order valence-electron chi connectivity index (χ2n) is 5.37. The number of amides is 1. The predicted octanol–water partition coefficient (Wildman–Crippen LogP) is 3.69. The third-order valence-electron chi connectivity index (χ3n) is 3.61. The van der Waals surface area contributed by atoms with E-state index in [1.165, 1.54) is 7.11 Å². The van der Waals surface area contributed by atoms with Crippen molar-refractivity contribution in [3.8, 4) is 5.75 Å². The number of nitrogens with one attached hydrogen (secondary N) is 1. The number of rotatable bonds is 5. The molecule has 0 atom stereocenters. The molecule has 132 valence electrons. The summed E-state index contributed by atoms with van der Waals surface area (Å²) in [6.45, 7) is -0.409. The highest BCUT2D eigenvalue weighted by Gasteiger charge is 2.12. The summed E-state index contributed by atoms with van der Waals surface area (Å²) in [6.07, 6.45) is 0. The summed E-state index contributed by atoms with van der Waals surface area (Å²) in [5.74, 6) is -0.540. The van der Waals surface area contributed by atoms with Crippen LogP contribution in [0.5, 0.6) is 5.75 Å². The molecule has 3 aromatic rings. The van der Waals surface area contributed by atoms with Crippen molar-refractivity contribution in [2.45, 2.75) is 0 Å². The molecule has 0 fully saturated rings. The number of methoxy groups -OCH3 is 1. The Hall–Kier alpha value is -3.12. The molecule has 0 spiro atoms. The second-order valence-corrected chi connectivity index (χ2v) is 5.75. The number of para-hydroxylation sites is 2. The molecule has 1 aromatic heterocycles. The third kappa shape index (κ3) is 4.10. The van der Waals surface area contributed by atoms with E-state index in [9.17, 15) is 9.59 Å². The highest BCUT2D eigenvalue weighted by Crippen LogP contribution is 2.23. The van der Waals surface area contributed by atoms with Gasteiger partial charge in [-0.15, -0.1) is 0 Å². The largest absolute Gasteiger partial charge is 0.495 e. The van der Waals surface area contributed by atoms with Crippen molar-refractivity contribution in [1.29, 1.82) is 0 Å². The fourth-order valence-corrected chi connectivity index (χ4v) is 2.53. The monoisotopic (exact) mass is 370 g/mol. The Morgan fingerprint density at radius 2 is 1.92 bits per heavy atom. The van der Waals surface area contributed by atoms with Crippen LogP contribution in [0.3, 0.4) is 0 Å². The van der Waals surface area contributed by atoms with Crippen molar-refractivity contribution in [1.82, 2.24) is 4.98 Å². The van der Waals surface area contributed by atoms with Crippen molar-refractivity contribution in [3.05, 3.63) is 65.3 Å². The second kappa shape index (κ2) is 7.84. The zero-order valence-electron chi connectivity index (χ0n) is 13.9. The maximum Gasteiger partial charge on any atom is 0.338 e. The standard InChI is InChI=1S/C19H15ClN2O4/c1-25-16-5-3-2-4-15(16)22-18(23)11-26-19(24)13-6-8-14-12(10-13)7-9-17(20)21-14/h2-10H,11H2,1H3,(H,22,23). The number of esters is 1. The van der Waals surface area contributed by atoms with Gasteiger partial charge in [0.25, 0.3) is 5.91 Å². The summed E-state index contributed by atoms with van der Waals surface area (Å²) >= 11 is 5.84. The molecule has 0 aliphatic heterocycles. The number of ether oxygens (including phenoxy) is 2. The molecule has 0 bridgehead atoms. The molecule has 0 radical (unpaired) electrons. The van der Waals surface area contributed by atoms with E-state index in [-0.39, 0.29) is 0 Å². The number of halogens is 1. The minimum absolute atomic E-state index is 0.326.